The smallest absolute Gasteiger partial charge is 0.397 e. The minimum atomic E-state index is -4.37. The van der Waals surface area contributed by atoms with Gasteiger partial charge in [-0.05, 0) is 28.7 Å². The van der Waals surface area contributed by atoms with E-state index < -0.39 is 11.7 Å². The average molecular weight is 288 g/mol. The molecule has 0 aliphatic heterocycles. The van der Waals surface area contributed by atoms with Crippen LogP contribution in [0.4, 0.5) is 18.9 Å². The maximum Gasteiger partial charge on any atom is 0.417 e. The monoisotopic (exact) mass is 288 g/mol. The number of halogens is 4. The van der Waals surface area contributed by atoms with E-state index >= 15 is 0 Å². The van der Waals surface area contributed by atoms with Gasteiger partial charge in [-0.1, -0.05) is 0 Å². The molecule has 0 aromatic carbocycles. The van der Waals surface area contributed by atoms with Crippen LogP contribution in [0.2, 0.25) is 0 Å². The summed E-state index contributed by atoms with van der Waals surface area (Å²) in [6, 6.07) is 0.870. The molecule has 2 N–H and O–H groups in total. The van der Waals surface area contributed by atoms with Crippen LogP contribution in [0.1, 0.15) is 5.56 Å². The van der Waals surface area contributed by atoms with Crippen LogP contribution in [0.3, 0.4) is 0 Å². The molecule has 0 fully saturated rings. The number of hydrogen-bond donors (Lipinski definition) is 1. The predicted molar refractivity (Wildman–Crippen MR) is 46.4 cm³/mol. The van der Waals surface area contributed by atoms with Crippen LogP contribution in [0, 0.1) is 3.70 Å². The zero-order valence-corrected chi connectivity index (χ0v) is 7.85. The van der Waals surface area contributed by atoms with E-state index in [2.05, 4.69) is 4.98 Å². The third-order valence-electron chi connectivity index (χ3n) is 1.19. The Morgan fingerprint density at radius 1 is 1.42 bits per heavy atom. The number of hydrogen-bond acceptors (Lipinski definition) is 2. The Morgan fingerprint density at radius 2 is 2.00 bits per heavy atom. The first-order chi connectivity index (χ1) is 5.41. The van der Waals surface area contributed by atoms with Crippen LogP contribution in [0.25, 0.3) is 0 Å². The van der Waals surface area contributed by atoms with Gasteiger partial charge in [0.15, 0.2) is 0 Å². The maximum absolute atomic E-state index is 12.0. The Hall–Kier alpha value is -0.530. The van der Waals surface area contributed by atoms with Crippen LogP contribution in [0.15, 0.2) is 12.3 Å². The van der Waals surface area contributed by atoms with Gasteiger partial charge < -0.3 is 5.73 Å². The fourth-order valence-corrected chi connectivity index (χ4v) is 0.915. The lowest BCUT2D eigenvalue weighted by atomic mass is 10.2. The van der Waals surface area contributed by atoms with Gasteiger partial charge in [-0.3, -0.25) is 0 Å². The van der Waals surface area contributed by atoms with Gasteiger partial charge in [0, 0.05) is 6.20 Å². The molecule has 1 rings (SSSR count). The van der Waals surface area contributed by atoms with E-state index in [-0.39, 0.29) is 5.69 Å². The quantitative estimate of drug-likeness (QED) is 0.587. The lowest BCUT2D eigenvalue weighted by Gasteiger charge is -2.06. The zero-order chi connectivity index (χ0) is 9.35. The zero-order valence-electron chi connectivity index (χ0n) is 5.69. The number of anilines is 1. The van der Waals surface area contributed by atoms with Crippen LogP contribution in [-0.4, -0.2) is 4.98 Å². The number of alkyl halides is 3. The molecule has 0 bridgehead atoms. The first-order valence-electron chi connectivity index (χ1n) is 2.89. The molecule has 1 aromatic heterocycles. The molecule has 0 aliphatic rings. The van der Waals surface area contributed by atoms with Gasteiger partial charge in [0.05, 0.1) is 11.3 Å². The van der Waals surface area contributed by atoms with Crippen LogP contribution >= 0.6 is 22.6 Å². The van der Waals surface area contributed by atoms with Crippen LogP contribution < -0.4 is 5.73 Å². The molecular formula is C6H4F3IN2. The molecule has 0 spiro atoms. The van der Waals surface area contributed by atoms with Gasteiger partial charge in [-0.15, -0.1) is 0 Å². The summed E-state index contributed by atoms with van der Waals surface area (Å²) in [4.78, 5) is 3.49. The predicted octanol–water partition coefficient (Wildman–Crippen LogP) is 2.29. The molecule has 0 atom stereocenters. The summed E-state index contributed by atoms with van der Waals surface area (Å²) < 4.78 is 36.4. The van der Waals surface area contributed by atoms with E-state index in [0.717, 1.165) is 12.3 Å². The largest absolute Gasteiger partial charge is 0.417 e. The van der Waals surface area contributed by atoms with Crippen molar-refractivity contribution in [1.82, 2.24) is 4.98 Å². The highest BCUT2D eigenvalue weighted by molar-refractivity contribution is 14.1. The third-order valence-corrected chi connectivity index (χ3v) is 2.09. The van der Waals surface area contributed by atoms with Gasteiger partial charge in [-0.25, -0.2) is 4.98 Å². The topological polar surface area (TPSA) is 38.9 Å². The minimum Gasteiger partial charge on any atom is -0.397 e. The van der Waals surface area contributed by atoms with E-state index in [4.69, 9.17) is 5.73 Å². The molecule has 0 unspecified atom stereocenters. The molecular weight excluding hydrogens is 284 g/mol. The second kappa shape index (κ2) is 3.08. The highest BCUT2D eigenvalue weighted by Crippen LogP contribution is 2.30. The van der Waals surface area contributed by atoms with Gasteiger partial charge >= 0.3 is 6.18 Å². The van der Waals surface area contributed by atoms with Crippen molar-refractivity contribution in [3.8, 4) is 0 Å². The third kappa shape index (κ3) is 1.99. The van der Waals surface area contributed by atoms with Crippen molar-refractivity contribution >= 4 is 28.3 Å². The average Bonchev–Trinajstić information content (AvgIpc) is 1.92. The summed E-state index contributed by atoms with van der Waals surface area (Å²) in [6.07, 6.45) is -3.61. The molecule has 1 heterocycles. The van der Waals surface area contributed by atoms with Crippen molar-refractivity contribution in [3.63, 3.8) is 0 Å². The fraction of sp³-hybridized carbons (Fsp3) is 0.167. The first kappa shape index (κ1) is 9.56. The molecule has 66 valence electrons. The Bertz CT molecular complexity index is 297. The maximum atomic E-state index is 12.0. The highest BCUT2D eigenvalue weighted by atomic mass is 127. The number of rotatable bonds is 0. The SMILES string of the molecule is Nc1cc(C(F)(F)F)cnc1I. The molecule has 6 heteroatoms. The lowest BCUT2D eigenvalue weighted by Crippen LogP contribution is -2.07. The Labute approximate surface area is 80.1 Å². The van der Waals surface area contributed by atoms with E-state index in [1.807, 2.05) is 0 Å². The van der Waals surface area contributed by atoms with Crippen molar-refractivity contribution in [2.45, 2.75) is 6.18 Å². The number of nitrogens with two attached hydrogens (primary N) is 1. The number of aromatic nitrogens is 1. The molecule has 1 aromatic rings. The van der Waals surface area contributed by atoms with Crippen molar-refractivity contribution in [1.29, 1.82) is 0 Å². The van der Waals surface area contributed by atoms with E-state index in [1.54, 1.807) is 22.6 Å². The molecule has 0 amide bonds. The van der Waals surface area contributed by atoms with Crippen LogP contribution in [-0.2, 0) is 6.18 Å². The van der Waals surface area contributed by atoms with Gasteiger partial charge in [0.25, 0.3) is 0 Å². The standard InChI is InChI=1S/C6H4F3IN2/c7-6(8,9)3-1-4(11)5(10)12-2-3/h1-2H,11H2. The molecule has 12 heavy (non-hydrogen) atoms. The van der Waals surface area contributed by atoms with E-state index in [1.165, 1.54) is 0 Å². The van der Waals surface area contributed by atoms with Gasteiger partial charge in [-0.2, -0.15) is 13.2 Å². The second-order valence-electron chi connectivity index (χ2n) is 2.10. The second-order valence-corrected chi connectivity index (χ2v) is 3.12. The van der Waals surface area contributed by atoms with Crippen molar-refractivity contribution in [2.75, 3.05) is 5.73 Å². The summed E-state index contributed by atoms with van der Waals surface area (Å²) in [5, 5.41) is 0. The first-order valence-corrected chi connectivity index (χ1v) is 3.97. The minimum absolute atomic E-state index is 0.0467. The van der Waals surface area contributed by atoms with E-state index in [9.17, 15) is 13.2 Å². The van der Waals surface area contributed by atoms with Crippen molar-refractivity contribution in [2.24, 2.45) is 0 Å². The summed E-state index contributed by atoms with van der Waals surface area (Å²) in [5.41, 5.74) is 4.47. The number of pyridine rings is 1. The van der Waals surface area contributed by atoms with Gasteiger partial charge in [0.2, 0.25) is 0 Å². The highest BCUT2D eigenvalue weighted by Gasteiger charge is 2.31. The van der Waals surface area contributed by atoms with Crippen LogP contribution in [0.5, 0.6) is 0 Å². The Morgan fingerprint density at radius 3 is 2.42 bits per heavy atom. The number of nitrogen functional groups attached to an aromatic ring is 1. The lowest BCUT2D eigenvalue weighted by molar-refractivity contribution is -0.137. The van der Waals surface area contributed by atoms with Crippen molar-refractivity contribution < 1.29 is 13.2 Å². The summed E-state index contributed by atoms with van der Waals surface area (Å²) in [7, 11) is 0. The molecule has 0 radical (unpaired) electrons. The summed E-state index contributed by atoms with van der Waals surface area (Å²) in [5.74, 6) is 0. The Kier molecular flexibility index (Phi) is 2.45. The summed E-state index contributed by atoms with van der Waals surface area (Å²) >= 11 is 1.77. The normalized spacial score (nSPS) is 11.7. The Balaban J connectivity index is 3.14. The van der Waals surface area contributed by atoms with E-state index in [0.29, 0.717) is 3.70 Å². The molecule has 0 aliphatic carbocycles. The summed E-state index contributed by atoms with van der Waals surface area (Å²) in [6.45, 7) is 0. The fourth-order valence-electron chi connectivity index (χ4n) is 0.620. The number of nitrogens with zero attached hydrogens (tertiary/aromatic N) is 1. The van der Waals surface area contributed by atoms with Crippen molar-refractivity contribution in [3.05, 3.63) is 21.5 Å². The molecule has 0 saturated heterocycles. The molecule has 0 saturated carbocycles. The molecule has 2 nitrogen and oxygen atoms in total. The van der Waals surface area contributed by atoms with Gasteiger partial charge in [0.1, 0.15) is 3.70 Å².